The van der Waals surface area contributed by atoms with E-state index in [2.05, 4.69) is 64.5 Å². The summed E-state index contributed by atoms with van der Waals surface area (Å²) >= 11 is 0. The average Bonchev–Trinajstić information content (AvgIpc) is 3.59. The summed E-state index contributed by atoms with van der Waals surface area (Å²) in [4.78, 5) is 0. The molecule has 0 spiro atoms. The molecule has 0 unspecified atom stereocenters. The van der Waals surface area contributed by atoms with Crippen LogP contribution in [0.1, 0.15) is 96.5 Å². The molecule has 0 saturated carbocycles. The average molecular weight is 513 g/mol. The van der Waals surface area contributed by atoms with E-state index in [1.807, 2.05) is 60.7 Å². The molecule has 198 valence electrons. The summed E-state index contributed by atoms with van der Waals surface area (Å²) in [6.45, 7) is 12.6. The molecular formula is C34H44N4+2. The Morgan fingerprint density at radius 2 is 0.921 bits per heavy atom. The van der Waals surface area contributed by atoms with Crippen LogP contribution in [0.2, 0.25) is 0 Å². The minimum Gasteiger partial charge on any atom is -0.229 e. The lowest BCUT2D eigenvalue weighted by Gasteiger charge is -2.22. The van der Waals surface area contributed by atoms with Crippen molar-refractivity contribution in [3.8, 4) is 11.4 Å². The number of hydrogen-bond acceptors (Lipinski definition) is 0. The highest BCUT2D eigenvalue weighted by Crippen LogP contribution is 2.50. The van der Waals surface area contributed by atoms with E-state index < -0.39 is 13.0 Å². The maximum absolute atomic E-state index is 9.67. The normalized spacial score (nSPS) is 22.2. The van der Waals surface area contributed by atoms with Crippen LogP contribution in [0.5, 0.6) is 0 Å². The standard InChI is InChI=1S/C34H44N4/c1-31(2)21-33(5,6)29-27(31)35(23-37(29)25-15-11-9-12-16-25)19-20-36-24-38(26-17-13-10-14-18-26)30-28(36)32(3,4)22-34(30,7)8/h9-18,23-24H,19-22H2,1-8H3/q+2/i19D2,20D2. The van der Waals surface area contributed by atoms with Crippen molar-refractivity contribution in [3.05, 3.63) is 96.1 Å². The van der Waals surface area contributed by atoms with Crippen LogP contribution in [0.15, 0.2) is 73.3 Å². The first kappa shape index (κ1) is 20.8. The SMILES string of the molecule is [2H]C([2H])([n+]1cn(-c2ccccc2)c2c1C(C)(C)CC2(C)C)C([2H])([2H])[n+]1cn(-c2ccccc2)c2c1C(C)(C)CC2(C)C. The maximum atomic E-state index is 9.67. The molecule has 4 aromatic rings. The van der Waals surface area contributed by atoms with Crippen LogP contribution in [-0.2, 0) is 34.7 Å². The van der Waals surface area contributed by atoms with Gasteiger partial charge in [-0.2, -0.15) is 9.13 Å². The van der Waals surface area contributed by atoms with Gasteiger partial charge >= 0.3 is 0 Å². The van der Waals surface area contributed by atoms with Gasteiger partial charge in [0, 0.05) is 21.7 Å². The molecule has 38 heavy (non-hydrogen) atoms. The molecule has 0 atom stereocenters. The van der Waals surface area contributed by atoms with E-state index in [0.29, 0.717) is 0 Å². The lowest BCUT2D eigenvalue weighted by Crippen LogP contribution is -2.49. The summed E-state index contributed by atoms with van der Waals surface area (Å²) in [7, 11) is 0. The van der Waals surface area contributed by atoms with Gasteiger partial charge in [-0.15, -0.1) is 0 Å². The number of fused-ring (bicyclic) bond motifs is 2. The number of benzene rings is 2. The molecular weight excluding hydrogens is 464 g/mol. The Morgan fingerprint density at radius 1 is 0.579 bits per heavy atom. The van der Waals surface area contributed by atoms with E-state index >= 15 is 0 Å². The Kier molecular flexibility index (Phi) is 4.47. The summed E-state index contributed by atoms with van der Waals surface area (Å²) in [5.41, 5.74) is 4.52. The number of para-hydroxylation sites is 2. The van der Waals surface area contributed by atoms with Crippen LogP contribution < -0.4 is 9.13 Å². The smallest absolute Gasteiger partial charge is 0.229 e. The molecule has 0 aliphatic heterocycles. The Bertz CT molecular complexity index is 1550. The molecule has 2 aromatic carbocycles. The summed E-state index contributed by atoms with van der Waals surface area (Å²) in [6.07, 6.45) is 5.27. The second-order valence-electron chi connectivity index (χ2n) is 13.9. The van der Waals surface area contributed by atoms with Crippen LogP contribution in [0.4, 0.5) is 0 Å². The quantitative estimate of drug-likeness (QED) is 0.273. The van der Waals surface area contributed by atoms with Gasteiger partial charge in [0.2, 0.25) is 12.7 Å². The van der Waals surface area contributed by atoms with Crippen LogP contribution in [0.3, 0.4) is 0 Å². The first-order valence-electron chi connectivity index (χ1n) is 15.8. The zero-order chi connectivity index (χ0) is 30.7. The zero-order valence-corrected chi connectivity index (χ0v) is 24.1. The van der Waals surface area contributed by atoms with E-state index in [1.54, 1.807) is 21.8 Å². The molecule has 0 saturated heterocycles. The van der Waals surface area contributed by atoms with Crippen molar-refractivity contribution in [2.75, 3.05) is 0 Å². The van der Waals surface area contributed by atoms with Gasteiger partial charge in [0.05, 0.1) is 5.48 Å². The van der Waals surface area contributed by atoms with Crippen LogP contribution in [-0.4, -0.2) is 9.13 Å². The van der Waals surface area contributed by atoms with Gasteiger partial charge in [0.25, 0.3) is 0 Å². The molecule has 0 amide bonds. The van der Waals surface area contributed by atoms with E-state index in [9.17, 15) is 5.48 Å². The molecule has 6 rings (SSSR count). The van der Waals surface area contributed by atoms with Crippen molar-refractivity contribution < 1.29 is 14.6 Å². The Morgan fingerprint density at radius 3 is 1.26 bits per heavy atom. The van der Waals surface area contributed by atoms with Crippen molar-refractivity contribution >= 4 is 0 Å². The van der Waals surface area contributed by atoms with E-state index in [-0.39, 0.29) is 21.7 Å². The van der Waals surface area contributed by atoms with Crippen molar-refractivity contribution in [1.82, 2.24) is 9.13 Å². The second-order valence-corrected chi connectivity index (χ2v) is 13.9. The topological polar surface area (TPSA) is 17.6 Å². The van der Waals surface area contributed by atoms with Crippen molar-refractivity contribution in [2.45, 2.75) is 103 Å². The predicted molar refractivity (Wildman–Crippen MR) is 153 cm³/mol. The molecule has 4 nitrogen and oxygen atoms in total. The molecule has 2 heterocycles. The monoisotopic (exact) mass is 512 g/mol. The highest BCUT2D eigenvalue weighted by Gasteiger charge is 2.53. The molecule has 4 heteroatoms. The van der Waals surface area contributed by atoms with Gasteiger partial charge in [-0.05, 0) is 37.1 Å². The van der Waals surface area contributed by atoms with Crippen molar-refractivity contribution in [2.24, 2.45) is 0 Å². The third kappa shape index (κ3) is 3.79. The molecule has 0 fully saturated rings. The van der Waals surface area contributed by atoms with Crippen LogP contribution >= 0.6 is 0 Å². The second kappa shape index (κ2) is 8.18. The summed E-state index contributed by atoms with van der Waals surface area (Å²) in [6, 6.07) is 20.0. The fourth-order valence-electron chi connectivity index (χ4n) is 7.90. The lowest BCUT2D eigenvalue weighted by atomic mass is 9.82. The number of hydrogen-bond donors (Lipinski definition) is 0. The summed E-state index contributed by atoms with van der Waals surface area (Å²) < 4.78 is 46.1. The third-order valence-corrected chi connectivity index (χ3v) is 8.57. The predicted octanol–water partition coefficient (Wildman–Crippen LogP) is 6.46. The number of nitrogens with zero attached hydrogens (tertiary/aromatic N) is 4. The van der Waals surface area contributed by atoms with E-state index in [0.717, 1.165) is 47.0 Å². The van der Waals surface area contributed by atoms with Gasteiger partial charge in [-0.1, -0.05) is 91.8 Å². The highest BCUT2D eigenvalue weighted by atomic mass is 15.2. The lowest BCUT2D eigenvalue weighted by molar-refractivity contribution is -0.786. The molecule has 2 aromatic heterocycles. The van der Waals surface area contributed by atoms with Crippen molar-refractivity contribution in [1.29, 1.82) is 0 Å². The van der Waals surface area contributed by atoms with Crippen LogP contribution in [0.25, 0.3) is 11.4 Å². The Hall–Kier alpha value is -3.14. The molecule has 2 aliphatic carbocycles. The minimum absolute atomic E-state index is 0.222. The van der Waals surface area contributed by atoms with E-state index in [4.69, 9.17) is 0 Å². The third-order valence-electron chi connectivity index (χ3n) is 8.57. The van der Waals surface area contributed by atoms with E-state index in [1.165, 1.54) is 0 Å². The highest BCUT2D eigenvalue weighted by molar-refractivity contribution is 5.43. The molecule has 0 radical (unpaired) electrons. The fraction of sp³-hybridized carbons (Fsp3) is 0.471. The van der Waals surface area contributed by atoms with Crippen LogP contribution in [0, 0.1) is 0 Å². The van der Waals surface area contributed by atoms with Gasteiger partial charge in [0.1, 0.15) is 24.4 Å². The number of rotatable bonds is 5. The molecule has 0 N–H and O–H groups in total. The summed E-state index contributed by atoms with van der Waals surface area (Å²) in [5, 5.41) is 0. The minimum atomic E-state index is -2.42. The molecule has 2 aliphatic rings. The zero-order valence-electron chi connectivity index (χ0n) is 28.1. The Labute approximate surface area is 234 Å². The number of aryl methyl sites for hydroxylation is 2. The van der Waals surface area contributed by atoms with Gasteiger partial charge < -0.3 is 0 Å². The first-order valence-corrected chi connectivity index (χ1v) is 13.8. The summed E-state index contributed by atoms with van der Waals surface area (Å²) in [5.74, 6) is 0. The van der Waals surface area contributed by atoms with Gasteiger partial charge in [0.15, 0.2) is 22.8 Å². The number of aromatic nitrogens is 4. The fourth-order valence-corrected chi connectivity index (χ4v) is 7.90. The maximum Gasteiger partial charge on any atom is 0.249 e. The first-order chi connectivity index (χ1) is 19.3. The van der Waals surface area contributed by atoms with Gasteiger partial charge in [-0.25, -0.2) is 9.13 Å². The van der Waals surface area contributed by atoms with Crippen molar-refractivity contribution in [3.63, 3.8) is 0 Å². The largest absolute Gasteiger partial charge is 0.249 e. The Balaban J connectivity index is 1.62. The number of imidazole rings is 2. The van der Waals surface area contributed by atoms with Gasteiger partial charge in [-0.3, -0.25) is 0 Å². The molecule has 0 bridgehead atoms.